The molecule has 1 atom stereocenters. The lowest BCUT2D eigenvalue weighted by molar-refractivity contribution is 0.255. The third-order valence-corrected chi connectivity index (χ3v) is 4.62. The van der Waals surface area contributed by atoms with Crippen molar-refractivity contribution in [3.63, 3.8) is 0 Å². The lowest BCUT2D eigenvalue weighted by Gasteiger charge is -2.23. The Bertz CT molecular complexity index is 219. The molecule has 100 valence electrons. The molecule has 0 aromatic carbocycles. The average Bonchev–Trinajstić information content (AvgIpc) is 2.72. The topological polar surface area (TPSA) is 15.3 Å². The Morgan fingerprint density at radius 3 is 2.82 bits per heavy atom. The molecule has 0 aromatic rings. The molecule has 0 aromatic heterocycles. The van der Waals surface area contributed by atoms with Crippen molar-refractivity contribution in [1.29, 1.82) is 0 Å². The van der Waals surface area contributed by atoms with Crippen LogP contribution in [0, 0.1) is 5.41 Å². The number of nitrogens with zero attached hydrogens (tertiary/aromatic N) is 1. The first kappa shape index (κ1) is 13.4. The summed E-state index contributed by atoms with van der Waals surface area (Å²) in [5.41, 5.74) is 0.585. The normalized spacial score (nSPS) is 30.4. The maximum Gasteiger partial charge on any atom is 0.00680 e. The van der Waals surface area contributed by atoms with Crippen molar-refractivity contribution in [1.82, 2.24) is 10.2 Å². The monoisotopic (exact) mass is 238 g/mol. The molecule has 0 saturated carbocycles. The van der Waals surface area contributed by atoms with Gasteiger partial charge in [0.05, 0.1) is 0 Å². The van der Waals surface area contributed by atoms with Gasteiger partial charge in [0, 0.05) is 6.04 Å². The minimum atomic E-state index is 0.585. The van der Waals surface area contributed by atoms with E-state index in [0.717, 1.165) is 6.04 Å². The van der Waals surface area contributed by atoms with E-state index in [2.05, 4.69) is 24.1 Å². The number of hydrogen-bond acceptors (Lipinski definition) is 2. The van der Waals surface area contributed by atoms with Crippen molar-refractivity contribution in [3.8, 4) is 0 Å². The van der Waals surface area contributed by atoms with Crippen molar-refractivity contribution in [2.24, 2.45) is 5.41 Å². The highest BCUT2D eigenvalue weighted by atomic mass is 15.1. The molecule has 2 nitrogen and oxygen atoms in total. The summed E-state index contributed by atoms with van der Waals surface area (Å²) < 4.78 is 0. The van der Waals surface area contributed by atoms with E-state index in [1.807, 2.05) is 0 Å². The SMILES string of the molecule is CC1(C)CCCN(CCCC2CCCN2)CC1. The number of nitrogens with one attached hydrogen (secondary N) is 1. The standard InChI is InChI=1S/C15H30N2/c1-15(2)8-5-12-17(13-9-15)11-4-7-14-6-3-10-16-14/h14,16H,3-13H2,1-2H3. The summed E-state index contributed by atoms with van der Waals surface area (Å²) in [5.74, 6) is 0. The van der Waals surface area contributed by atoms with Crippen LogP contribution in [0.2, 0.25) is 0 Å². The molecule has 1 unspecified atom stereocenters. The predicted octanol–water partition coefficient (Wildman–Crippen LogP) is 3.03. The lowest BCUT2D eigenvalue weighted by atomic mass is 9.85. The Labute approximate surface area is 107 Å². The highest BCUT2D eigenvalue weighted by molar-refractivity contribution is 4.78. The summed E-state index contributed by atoms with van der Waals surface area (Å²) in [6.45, 7) is 10.1. The summed E-state index contributed by atoms with van der Waals surface area (Å²) in [4.78, 5) is 2.70. The van der Waals surface area contributed by atoms with Crippen LogP contribution < -0.4 is 5.32 Å². The zero-order chi connectivity index (χ0) is 12.1. The molecule has 2 aliphatic rings. The third kappa shape index (κ3) is 4.59. The van der Waals surface area contributed by atoms with Gasteiger partial charge in [0.1, 0.15) is 0 Å². The molecule has 0 spiro atoms. The van der Waals surface area contributed by atoms with Crippen LogP contribution in [0.1, 0.15) is 58.8 Å². The lowest BCUT2D eigenvalue weighted by Crippen LogP contribution is -2.28. The van der Waals surface area contributed by atoms with Crippen LogP contribution in [0.15, 0.2) is 0 Å². The van der Waals surface area contributed by atoms with Gasteiger partial charge in [-0.05, 0) is 76.5 Å². The maximum atomic E-state index is 3.60. The van der Waals surface area contributed by atoms with Crippen LogP contribution in [-0.4, -0.2) is 37.1 Å². The van der Waals surface area contributed by atoms with Crippen molar-refractivity contribution >= 4 is 0 Å². The zero-order valence-corrected chi connectivity index (χ0v) is 11.8. The average molecular weight is 238 g/mol. The van der Waals surface area contributed by atoms with Crippen LogP contribution in [0.4, 0.5) is 0 Å². The minimum Gasteiger partial charge on any atom is -0.314 e. The smallest absolute Gasteiger partial charge is 0.00680 e. The fourth-order valence-electron chi connectivity index (χ4n) is 3.27. The van der Waals surface area contributed by atoms with Gasteiger partial charge in [0.25, 0.3) is 0 Å². The van der Waals surface area contributed by atoms with E-state index in [1.54, 1.807) is 0 Å². The van der Waals surface area contributed by atoms with Crippen molar-refractivity contribution < 1.29 is 0 Å². The van der Waals surface area contributed by atoms with Gasteiger partial charge in [-0.25, -0.2) is 0 Å². The van der Waals surface area contributed by atoms with Gasteiger partial charge in [-0.2, -0.15) is 0 Å². The molecule has 2 fully saturated rings. The quantitative estimate of drug-likeness (QED) is 0.810. The maximum absolute atomic E-state index is 3.60. The fourth-order valence-corrected chi connectivity index (χ4v) is 3.27. The molecule has 2 heteroatoms. The Kier molecular flexibility index (Phi) is 4.87. The highest BCUT2D eigenvalue weighted by Crippen LogP contribution is 2.29. The summed E-state index contributed by atoms with van der Waals surface area (Å²) in [7, 11) is 0. The fraction of sp³-hybridized carbons (Fsp3) is 1.00. The van der Waals surface area contributed by atoms with Gasteiger partial charge >= 0.3 is 0 Å². The molecule has 17 heavy (non-hydrogen) atoms. The summed E-state index contributed by atoms with van der Waals surface area (Å²) in [6.07, 6.45) is 9.77. The van der Waals surface area contributed by atoms with Crippen LogP contribution >= 0.6 is 0 Å². The minimum absolute atomic E-state index is 0.585. The number of rotatable bonds is 4. The molecular weight excluding hydrogens is 208 g/mol. The second kappa shape index (κ2) is 6.19. The van der Waals surface area contributed by atoms with Gasteiger partial charge in [-0.15, -0.1) is 0 Å². The van der Waals surface area contributed by atoms with Crippen molar-refractivity contribution in [2.45, 2.75) is 64.8 Å². The Balaban J connectivity index is 1.62. The molecule has 0 aliphatic carbocycles. The number of hydrogen-bond donors (Lipinski definition) is 1. The molecule has 2 aliphatic heterocycles. The molecular formula is C15H30N2. The van der Waals surface area contributed by atoms with E-state index in [1.165, 1.54) is 71.1 Å². The third-order valence-electron chi connectivity index (χ3n) is 4.62. The van der Waals surface area contributed by atoms with Crippen LogP contribution in [0.5, 0.6) is 0 Å². The molecule has 0 amide bonds. The van der Waals surface area contributed by atoms with Gasteiger partial charge in [0.2, 0.25) is 0 Å². The van der Waals surface area contributed by atoms with E-state index in [0.29, 0.717) is 5.41 Å². The second-order valence-electron chi connectivity index (χ2n) is 6.79. The van der Waals surface area contributed by atoms with E-state index in [-0.39, 0.29) is 0 Å². The second-order valence-corrected chi connectivity index (χ2v) is 6.79. The van der Waals surface area contributed by atoms with Crippen molar-refractivity contribution in [3.05, 3.63) is 0 Å². The molecule has 0 bridgehead atoms. The first-order valence-electron chi connectivity index (χ1n) is 7.61. The summed E-state index contributed by atoms with van der Waals surface area (Å²) in [6, 6.07) is 0.832. The summed E-state index contributed by atoms with van der Waals surface area (Å²) >= 11 is 0. The van der Waals surface area contributed by atoms with E-state index >= 15 is 0 Å². The molecule has 2 saturated heterocycles. The highest BCUT2D eigenvalue weighted by Gasteiger charge is 2.23. The Morgan fingerprint density at radius 1 is 1.18 bits per heavy atom. The first-order valence-corrected chi connectivity index (χ1v) is 7.61. The summed E-state index contributed by atoms with van der Waals surface area (Å²) in [5, 5.41) is 3.60. The molecule has 0 radical (unpaired) electrons. The van der Waals surface area contributed by atoms with Gasteiger partial charge < -0.3 is 10.2 Å². The largest absolute Gasteiger partial charge is 0.314 e. The van der Waals surface area contributed by atoms with Crippen molar-refractivity contribution in [2.75, 3.05) is 26.2 Å². The first-order chi connectivity index (χ1) is 8.16. The van der Waals surface area contributed by atoms with Crippen LogP contribution in [0.3, 0.4) is 0 Å². The van der Waals surface area contributed by atoms with E-state index in [9.17, 15) is 0 Å². The molecule has 2 rings (SSSR count). The molecule has 1 N–H and O–H groups in total. The molecule has 2 heterocycles. The Morgan fingerprint density at radius 2 is 2.06 bits per heavy atom. The van der Waals surface area contributed by atoms with E-state index < -0.39 is 0 Å². The van der Waals surface area contributed by atoms with E-state index in [4.69, 9.17) is 0 Å². The van der Waals surface area contributed by atoms with Gasteiger partial charge in [-0.3, -0.25) is 0 Å². The van der Waals surface area contributed by atoms with Crippen LogP contribution in [-0.2, 0) is 0 Å². The van der Waals surface area contributed by atoms with Crippen LogP contribution in [0.25, 0.3) is 0 Å². The van der Waals surface area contributed by atoms with Gasteiger partial charge in [-0.1, -0.05) is 13.8 Å². The van der Waals surface area contributed by atoms with Gasteiger partial charge in [0.15, 0.2) is 0 Å². The Hall–Kier alpha value is -0.0800. The number of likely N-dealkylation sites (tertiary alicyclic amines) is 1. The zero-order valence-electron chi connectivity index (χ0n) is 11.8. The predicted molar refractivity (Wildman–Crippen MR) is 74.3 cm³/mol.